The van der Waals surface area contributed by atoms with Crippen LogP contribution in [0.3, 0.4) is 0 Å². The van der Waals surface area contributed by atoms with Crippen molar-refractivity contribution in [1.82, 2.24) is 4.90 Å². The molecule has 13 heavy (non-hydrogen) atoms. The summed E-state index contributed by atoms with van der Waals surface area (Å²) in [6, 6.07) is 0.345. The van der Waals surface area contributed by atoms with Gasteiger partial charge >= 0.3 is 5.97 Å². The van der Waals surface area contributed by atoms with Gasteiger partial charge in [0.05, 0.1) is 5.92 Å². The number of likely N-dealkylation sites (tertiary alicyclic amines) is 1. The molecule has 0 spiro atoms. The minimum atomic E-state index is -0.705. The second kappa shape index (κ2) is 3.80. The van der Waals surface area contributed by atoms with Gasteiger partial charge in [0.15, 0.2) is 0 Å². The summed E-state index contributed by atoms with van der Waals surface area (Å²) in [4.78, 5) is 12.5. The normalized spacial score (nSPS) is 34.2. The molecular formula is C8H13ClFNO2. The molecule has 0 aromatic rings. The molecule has 0 amide bonds. The zero-order valence-electron chi connectivity index (χ0n) is 7.15. The third kappa shape index (κ3) is 1.94. The molecule has 1 saturated heterocycles. The Labute approximate surface area is 82.3 Å². The van der Waals surface area contributed by atoms with E-state index in [0.29, 0.717) is 32.0 Å². The van der Waals surface area contributed by atoms with Crippen LogP contribution in [0.25, 0.3) is 0 Å². The largest absolute Gasteiger partial charge is 0.481 e. The van der Waals surface area contributed by atoms with Crippen LogP contribution in [-0.4, -0.2) is 41.3 Å². The predicted molar refractivity (Wildman–Crippen MR) is 47.9 cm³/mol. The highest BCUT2D eigenvalue weighted by Gasteiger charge is 2.42. The van der Waals surface area contributed by atoms with E-state index in [2.05, 4.69) is 0 Å². The van der Waals surface area contributed by atoms with E-state index in [1.807, 2.05) is 4.90 Å². The fourth-order valence-electron chi connectivity index (χ4n) is 1.84. The van der Waals surface area contributed by atoms with Crippen LogP contribution in [0.1, 0.15) is 12.8 Å². The Bertz CT molecular complexity index is 202. The molecular weight excluding hydrogens is 197 g/mol. The highest BCUT2D eigenvalue weighted by molar-refractivity contribution is 5.85. The van der Waals surface area contributed by atoms with Crippen molar-refractivity contribution < 1.29 is 14.3 Å². The molecule has 2 aliphatic rings. The summed E-state index contributed by atoms with van der Waals surface area (Å²) in [5, 5.41) is 8.58. The lowest BCUT2D eigenvalue weighted by Crippen LogP contribution is -2.58. The number of nitrogens with zero attached hydrogens (tertiary/aromatic N) is 1. The number of carboxylic acids is 1. The van der Waals surface area contributed by atoms with Crippen molar-refractivity contribution >= 4 is 18.4 Å². The first-order valence-corrected chi connectivity index (χ1v) is 4.27. The molecule has 1 aliphatic heterocycles. The maximum Gasteiger partial charge on any atom is 0.306 e. The van der Waals surface area contributed by atoms with E-state index in [1.54, 1.807) is 0 Å². The van der Waals surface area contributed by atoms with Crippen molar-refractivity contribution in [1.29, 1.82) is 0 Å². The van der Waals surface area contributed by atoms with E-state index in [4.69, 9.17) is 5.11 Å². The van der Waals surface area contributed by atoms with Gasteiger partial charge in [0.1, 0.15) is 6.17 Å². The minimum absolute atomic E-state index is 0. The van der Waals surface area contributed by atoms with E-state index in [1.165, 1.54) is 0 Å². The van der Waals surface area contributed by atoms with Crippen LogP contribution >= 0.6 is 12.4 Å². The van der Waals surface area contributed by atoms with Crippen LogP contribution in [0.2, 0.25) is 0 Å². The summed E-state index contributed by atoms with van der Waals surface area (Å²) in [7, 11) is 0. The standard InChI is InChI=1S/C8H12FNO2.ClH/c9-6-3-10(4-6)7-1-5(2-7)8(11)12;/h5-7H,1-4H2,(H,11,12);1H. The third-order valence-electron chi connectivity index (χ3n) is 2.84. The number of rotatable bonds is 2. The van der Waals surface area contributed by atoms with Crippen LogP contribution in [0.5, 0.6) is 0 Å². The van der Waals surface area contributed by atoms with Gasteiger partial charge in [-0.3, -0.25) is 9.69 Å². The maximum atomic E-state index is 12.4. The van der Waals surface area contributed by atoms with Gasteiger partial charge < -0.3 is 5.11 Å². The number of carboxylic acid groups (broad SMARTS) is 1. The molecule has 0 atom stereocenters. The van der Waals surface area contributed by atoms with Gasteiger partial charge in [0, 0.05) is 19.1 Å². The maximum absolute atomic E-state index is 12.4. The SMILES string of the molecule is Cl.O=C(O)C1CC(N2CC(F)C2)C1. The molecule has 3 nitrogen and oxygen atoms in total. The predicted octanol–water partition coefficient (Wildman–Crippen LogP) is 0.925. The van der Waals surface area contributed by atoms with Crippen molar-refractivity contribution in [3.05, 3.63) is 0 Å². The smallest absolute Gasteiger partial charge is 0.306 e. The minimum Gasteiger partial charge on any atom is -0.481 e. The first kappa shape index (κ1) is 10.7. The number of halogens is 2. The third-order valence-corrected chi connectivity index (χ3v) is 2.84. The Morgan fingerprint density at radius 3 is 2.31 bits per heavy atom. The number of aliphatic carboxylic acids is 1. The molecule has 1 N–H and O–H groups in total. The summed E-state index contributed by atoms with van der Waals surface area (Å²) >= 11 is 0. The van der Waals surface area contributed by atoms with E-state index in [-0.39, 0.29) is 18.3 Å². The van der Waals surface area contributed by atoms with Crippen LogP contribution < -0.4 is 0 Å². The summed E-state index contributed by atoms with van der Waals surface area (Å²) in [5.41, 5.74) is 0. The van der Waals surface area contributed by atoms with E-state index in [9.17, 15) is 9.18 Å². The second-order valence-electron chi connectivity index (χ2n) is 3.71. The summed E-state index contributed by atoms with van der Waals surface area (Å²) < 4.78 is 12.4. The van der Waals surface area contributed by atoms with Gasteiger partial charge in [-0.25, -0.2) is 4.39 Å². The fraction of sp³-hybridized carbons (Fsp3) is 0.875. The molecule has 0 unspecified atom stereocenters. The highest BCUT2D eigenvalue weighted by atomic mass is 35.5. The molecule has 0 radical (unpaired) electrons. The summed E-state index contributed by atoms with van der Waals surface area (Å²) in [5.74, 6) is -0.878. The molecule has 1 saturated carbocycles. The van der Waals surface area contributed by atoms with Crippen molar-refractivity contribution in [2.45, 2.75) is 25.1 Å². The second-order valence-corrected chi connectivity index (χ2v) is 3.71. The number of hydrogen-bond donors (Lipinski definition) is 1. The van der Waals surface area contributed by atoms with Crippen LogP contribution in [0, 0.1) is 5.92 Å². The highest BCUT2D eigenvalue weighted by Crippen LogP contribution is 2.34. The van der Waals surface area contributed by atoms with Crippen LogP contribution in [0.15, 0.2) is 0 Å². The Kier molecular flexibility index (Phi) is 3.14. The van der Waals surface area contributed by atoms with E-state index in [0.717, 1.165) is 0 Å². The van der Waals surface area contributed by atoms with Crippen LogP contribution in [0.4, 0.5) is 4.39 Å². The lowest BCUT2D eigenvalue weighted by atomic mass is 9.78. The molecule has 5 heteroatoms. The average molecular weight is 210 g/mol. The van der Waals surface area contributed by atoms with Gasteiger partial charge in [-0.1, -0.05) is 0 Å². The van der Waals surface area contributed by atoms with Gasteiger partial charge in [-0.05, 0) is 12.8 Å². The molecule has 76 valence electrons. The van der Waals surface area contributed by atoms with Gasteiger partial charge in [0.25, 0.3) is 0 Å². The van der Waals surface area contributed by atoms with Crippen molar-refractivity contribution in [3.63, 3.8) is 0 Å². The fourth-order valence-corrected chi connectivity index (χ4v) is 1.84. The monoisotopic (exact) mass is 209 g/mol. The number of alkyl halides is 1. The van der Waals surface area contributed by atoms with Crippen molar-refractivity contribution in [2.75, 3.05) is 13.1 Å². The summed E-state index contributed by atoms with van der Waals surface area (Å²) in [6.07, 6.45) is 0.748. The Morgan fingerprint density at radius 2 is 1.92 bits per heavy atom. The first-order valence-electron chi connectivity index (χ1n) is 4.27. The topological polar surface area (TPSA) is 40.5 Å². The molecule has 2 rings (SSSR count). The van der Waals surface area contributed by atoms with Gasteiger partial charge in [-0.2, -0.15) is 0 Å². The van der Waals surface area contributed by atoms with Crippen molar-refractivity contribution in [2.24, 2.45) is 5.92 Å². The molecule has 2 fully saturated rings. The molecule has 0 aromatic heterocycles. The molecule has 1 heterocycles. The van der Waals surface area contributed by atoms with Crippen LogP contribution in [-0.2, 0) is 4.79 Å². The van der Waals surface area contributed by atoms with Gasteiger partial charge in [0.2, 0.25) is 0 Å². The van der Waals surface area contributed by atoms with E-state index >= 15 is 0 Å². The molecule has 0 aromatic carbocycles. The van der Waals surface area contributed by atoms with Gasteiger partial charge in [-0.15, -0.1) is 12.4 Å². The average Bonchev–Trinajstić information content (AvgIpc) is 1.79. The molecule has 1 aliphatic carbocycles. The van der Waals surface area contributed by atoms with Crippen molar-refractivity contribution in [3.8, 4) is 0 Å². The summed E-state index contributed by atoms with van der Waals surface area (Å²) in [6.45, 7) is 1.02. The first-order chi connectivity index (χ1) is 5.66. The zero-order valence-corrected chi connectivity index (χ0v) is 7.97. The Morgan fingerprint density at radius 1 is 1.38 bits per heavy atom. The number of carbonyl (C=O) groups is 1. The zero-order chi connectivity index (χ0) is 8.72. The lowest BCUT2D eigenvalue weighted by molar-refractivity contribution is -0.148. The Balaban J connectivity index is 0.000000845. The van der Waals surface area contributed by atoms with E-state index < -0.39 is 12.1 Å². The lowest BCUT2D eigenvalue weighted by Gasteiger charge is -2.47. The number of hydrogen-bond acceptors (Lipinski definition) is 2. The Hall–Kier alpha value is -0.350. The molecule has 0 bridgehead atoms. The quantitative estimate of drug-likeness (QED) is 0.736.